The van der Waals surface area contributed by atoms with Gasteiger partial charge in [-0.1, -0.05) is 32.3 Å². The fourth-order valence-corrected chi connectivity index (χ4v) is 3.69. The molecule has 28 heavy (non-hydrogen) atoms. The minimum absolute atomic E-state index is 0.0110. The molecule has 160 valence electrons. The highest BCUT2D eigenvalue weighted by Crippen LogP contribution is 2.36. The molecule has 0 amide bonds. The molecule has 0 aromatic carbocycles. The molecule has 0 aromatic rings. The van der Waals surface area contributed by atoms with Crippen LogP contribution < -0.4 is 0 Å². The lowest BCUT2D eigenvalue weighted by molar-refractivity contribution is -0.140. The monoisotopic (exact) mass is 402 g/mol. The Hall–Kier alpha value is -1.63. The van der Waals surface area contributed by atoms with Gasteiger partial charge in [0.25, 0.3) is 0 Å². The molecular formula is C21H32F2O5. The molecule has 0 heterocycles. The number of unbranched alkanes of at least 4 members (excludes halogenated alkanes) is 3. The van der Waals surface area contributed by atoms with E-state index in [1.165, 1.54) is 13.2 Å². The molecule has 1 N–H and O–H groups in total. The summed E-state index contributed by atoms with van der Waals surface area (Å²) < 4.78 is 31.7. The molecule has 3 atom stereocenters. The summed E-state index contributed by atoms with van der Waals surface area (Å²) >= 11 is 0. The van der Waals surface area contributed by atoms with Crippen molar-refractivity contribution in [3.8, 4) is 0 Å². The lowest BCUT2D eigenvalue weighted by atomic mass is 9.86. The van der Waals surface area contributed by atoms with Gasteiger partial charge >= 0.3 is 11.9 Å². The van der Waals surface area contributed by atoms with Crippen molar-refractivity contribution in [1.82, 2.24) is 0 Å². The Kier molecular flexibility index (Phi) is 10.5. The van der Waals surface area contributed by atoms with Crippen LogP contribution in [-0.4, -0.2) is 41.8 Å². The van der Waals surface area contributed by atoms with Gasteiger partial charge in [-0.15, -0.1) is 0 Å². The highest BCUT2D eigenvalue weighted by molar-refractivity contribution is 5.95. The Morgan fingerprint density at radius 2 is 1.93 bits per heavy atom. The Bertz CT molecular complexity index is 559. The van der Waals surface area contributed by atoms with Crippen LogP contribution in [0.2, 0.25) is 0 Å². The Morgan fingerprint density at radius 3 is 2.57 bits per heavy atom. The Labute approximate surface area is 165 Å². The Balaban J connectivity index is 2.46. The molecule has 5 nitrogen and oxygen atoms in total. The minimum atomic E-state index is -3.36. The minimum Gasteiger partial charge on any atom is -0.469 e. The highest BCUT2D eigenvalue weighted by atomic mass is 19.3. The predicted octanol–water partition coefficient (Wildman–Crippen LogP) is 4.02. The van der Waals surface area contributed by atoms with E-state index >= 15 is 0 Å². The van der Waals surface area contributed by atoms with Gasteiger partial charge in [-0.2, -0.15) is 8.78 Å². The molecule has 0 aromatic heterocycles. The fraction of sp³-hybridized carbons (Fsp3) is 0.762. The van der Waals surface area contributed by atoms with Gasteiger partial charge in [0, 0.05) is 25.2 Å². The van der Waals surface area contributed by atoms with Crippen molar-refractivity contribution in [3.05, 3.63) is 12.2 Å². The number of aliphatic hydroxyl groups is 1. The summed E-state index contributed by atoms with van der Waals surface area (Å²) in [6, 6.07) is 0. The van der Waals surface area contributed by atoms with Crippen LogP contribution in [-0.2, 0) is 19.1 Å². The second-order valence-electron chi connectivity index (χ2n) is 7.49. The average Bonchev–Trinajstić information content (AvgIpc) is 2.90. The third-order valence-corrected chi connectivity index (χ3v) is 5.31. The number of ketones is 2. The number of methoxy groups -OCH3 is 1. The molecule has 1 saturated carbocycles. The Morgan fingerprint density at radius 1 is 1.25 bits per heavy atom. The van der Waals surface area contributed by atoms with Crippen molar-refractivity contribution >= 4 is 17.5 Å². The number of Topliss-reactive ketones (excluding diaryl/α,β-unsaturated/α-hetero) is 1. The van der Waals surface area contributed by atoms with E-state index in [1.807, 2.05) is 0 Å². The van der Waals surface area contributed by atoms with E-state index in [0.29, 0.717) is 12.8 Å². The van der Waals surface area contributed by atoms with Crippen LogP contribution >= 0.6 is 0 Å². The lowest BCUT2D eigenvalue weighted by Gasteiger charge is -2.19. The number of alkyl halides is 2. The third kappa shape index (κ3) is 7.78. The normalized spacial score (nSPS) is 22.8. The summed E-state index contributed by atoms with van der Waals surface area (Å²) in [7, 11) is 1.35. The molecule has 0 radical (unpaired) electrons. The second kappa shape index (κ2) is 12.0. The molecule has 0 saturated heterocycles. The van der Waals surface area contributed by atoms with E-state index in [1.54, 1.807) is 6.92 Å². The van der Waals surface area contributed by atoms with E-state index in [0.717, 1.165) is 31.8 Å². The number of allylic oxidation sites excluding steroid dienone is 2. The smallest absolute Gasteiger partial charge is 0.309 e. The van der Waals surface area contributed by atoms with Crippen molar-refractivity contribution < 1.29 is 33.0 Å². The first-order valence-corrected chi connectivity index (χ1v) is 10.1. The summed E-state index contributed by atoms with van der Waals surface area (Å²) in [6.07, 6.45) is 5.71. The van der Waals surface area contributed by atoms with Crippen molar-refractivity contribution in [2.45, 2.75) is 83.2 Å². The van der Waals surface area contributed by atoms with Crippen molar-refractivity contribution in [1.29, 1.82) is 0 Å². The number of ether oxygens (including phenoxy) is 1. The van der Waals surface area contributed by atoms with E-state index < -0.39 is 24.2 Å². The van der Waals surface area contributed by atoms with E-state index in [-0.39, 0.29) is 42.9 Å². The van der Waals surface area contributed by atoms with E-state index in [4.69, 9.17) is 0 Å². The molecule has 0 aliphatic heterocycles. The largest absolute Gasteiger partial charge is 0.469 e. The average molecular weight is 402 g/mol. The first kappa shape index (κ1) is 24.4. The predicted molar refractivity (Wildman–Crippen MR) is 101 cm³/mol. The number of hydrogen-bond acceptors (Lipinski definition) is 5. The summed E-state index contributed by atoms with van der Waals surface area (Å²) in [5.41, 5.74) is 0. The molecule has 0 unspecified atom stereocenters. The van der Waals surface area contributed by atoms with E-state index in [2.05, 4.69) is 4.74 Å². The number of esters is 1. The molecule has 1 fully saturated rings. The summed E-state index contributed by atoms with van der Waals surface area (Å²) in [6.45, 7) is 1.59. The molecular weight excluding hydrogens is 370 g/mol. The van der Waals surface area contributed by atoms with Gasteiger partial charge in [-0.05, 0) is 37.7 Å². The zero-order chi connectivity index (χ0) is 21.2. The quantitative estimate of drug-likeness (QED) is 0.286. The maximum Gasteiger partial charge on any atom is 0.309 e. The van der Waals surface area contributed by atoms with Crippen LogP contribution in [0.4, 0.5) is 8.78 Å². The van der Waals surface area contributed by atoms with Gasteiger partial charge in [0.2, 0.25) is 5.78 Å². The molecule has 0 spiro atoms. The fourth-order valence-electron chi connectivity index (χ4n) is 3.69. The SMILES string of the molecule is CCCC(F)(F)C(=O)C=CC[C@H]1[C@H](O)CC(=O)[C@@H]1CCCCCCC(=O)OC. The number of carbonyl (C=O) groups is 3. The van der Waals surface area contributed by atoms with Gasteiger partial charge in [0.15, 0.2) is 0 Å². The van der Waals surface area contributed by atoms with Crippen LogP contribution in [0.15, 0.2) is 12.2 Å². The molecule has 1 aliphatic rings. The topological polar surface area (TPSA) is 80.7 Å². The zero-order valence-electron chi connectivity index (χ0n) is 16.8. The maximum absolute atomic E-state index is 13.5. The van der Waals surface area contributed by atoms with Crippen LogP contribution in [0.5, 0.6) is 0 Å². The van der Waals surface area contributed by atoms with Crippen LogP contribution in [0.25, 0.3) is 0 Å². The first-order valence-electron chi connectivity index (χ1n) is 10.1. The number of aliphatic hydroxyl groups excluding tert-OH is 1. The van der Waals surface area contributed by atoms with Crippen molar-refractivity contribution in [2.24, 2.45) is 11.8 Å². The van der Waals surface area contributed by atoms with Gasteiger partial charge < -0.3 is 9.84 Å². The molecule has 0 bridgehead atoms. The van der Waals surface area contributed by atoms with Gasteiger partial charge in [-0.25, -0.2) is 0 Å². The van der Waals surface area contributed by atoms with Gasteiger partial charge in [0.1, 0.15) is 5.78 Å². The maximum atomic E-state index is 13.5. The van der Waals surface area contributed by atoms with Gasteiger partial charge in [-0.3, -0.25) is 14.4 Å². The van der Waals surface area contributed by atoms with Crippen molar-refractivity contribution in [3.63, 3.8) is 0 Å². The summed E-state index contributed by atoms with van der Waals surface area (Å²) in [5.74, 6) is -5.49. The highest BCUT2D eigenvalue weighted by Gasteiger charge is 2.40. The third-order valence-electron chi connectivity index (χ3n) is 5.31. The second-order valence-corrected chi connectivity index (χ2v) is 7.49. The number of carbonyl (C=O) groups excluding carboxylic acids is 3. The zero-order valence-corrected chi connectivity index (χ0v) is 16.8. The number of rotatable bonds is 13. The van der Waals surface area contributed by atoms with Crippen LogP contribution in [0, 0.1) is 11.8 Å². The lowest BCUT2D eigenvalue weighted by Crippen LogP contribution is -2.26. The van der Waals surface area contributed by atoms with Crippen molar-refractivity contribution in [2.75, 3.05) is 7.11 Å². The standard InChI is InChI=1S/C21H32F2O5/c1-3-13-21(22,23)19(26)11-8-10-16-15(17(24)14-18(16)25)9-6-4-5-7-12-20(27)28-2/h8,11,15-16,18,25H,3-7,9-10,12-14H2,1-2H3/t15-,16-,18-/m1/s1. The van der Waals surface area contributed by atoms with Gasteiger partial charge in [0.05, 0.1) is 13.2 Å². The van der Waals surface area contributed by atoms with Crippen LogP contribution in [0.3, 0.4) is 0 Å². The molecule has 1 rings (SSSR count). The summed E-state index contributed by atoms with van der Waals surface area (Å²) in [4.78, 5) is 34.8. The van der Waals surface area contributed by atoms with Crippen LogP contribution in [0.1, 0.15) is 71.1 Å². The number of halogens is 2. The molecule has 7 heteroatoms. The first-order chi connectivity index (χ1) is 13.2. The molecule has 1 aliphatic carbocycles. The van der Waals surface area contributed by atoms with E-state index in [9.17, 15) is 28.3 Å². The summed E-state index contributed by atoms with van der Waals surface area (Å²) in [5, 5.41) is 10.1. The number of hydrogen-bond donors (Lipinski definition) is 1.